The molecule has 1 unspecified atom stereocenters. The Bertz CT molecular complexity index is 474. The van der Waals surface area contributed by atoms with Crippen LogP contribution in [0.3, 0.4) is 0 Å². The van der Waals surface area contributed by atoms with Gasteiger partial charge in [-0.25, -0.2) is 4.79 Å². The van der Waals surface area contributed by atoms with Crippen molar-refractivity contribution in [1.82, 2.24) is 0 Å². The molecule has 1 aromatic rings. The highest BCUT2D eigenvalue weighted by Crippen LogP contribution is 2.31. The van der Waals surface area contributed by atoms with Crippen molar-refractivity contribution in [2.24, 2.45) is 0 Å². The van der Waals surface area contributed by atoms with Crippen LogP contribution in [0.5, 0.6) is 5.75 Å². The minimum absolute atomic E-state index is 0.346. The van der Waals surface area contributed by atoms with Crippen molar-refractivity contribution in [3.8, 4) is 11.8 Å². The number of benzene rings is 1. The topological polar surface area (TPSA) is 113 Å². The van der Waals surface area contributed by atoms with Gasteiger partial charge in [0.2, 0.25) is 5.75 Å². The number of hydrogen-bond acceptors (Lipinski definition) is 5. The smallest absolute Gasteiger partial charge is 0.339 e. The van der Waals surface area contributed by atoms with Crippen molar-refractivity contribution in [2.75, 3.05) is 0 Å². The van der Waals surface area contributed by atoms with E-state index in [9.17, 15) is 14.9 Å². The van der Waals surface area contributed by atoms with E-state index >= 15 is 0 Å². The molecule has 1 rings (SSSR count). The summed E-state index contributed by atoms with van der Waals surface area (Å²) in [6.45, 7) is 1.36. The maximum absolute atomic E-state index is 10.9. The zero-order chi connectivity index (χ0) is 13.0. The van der Waals surface area contributed by atoms with Gasteiger partial charge in [0.15, 0.2) is 6.10 Å². The van der Waals surface area contributed by atoms with Gasteiger partial charge in [0, 0.05) is 6.07 Å². The van der Waals surface area contributed by atoms with E-state index in [0.717, 1.165) is 6.07 Å². The highest BCUT2D eigenvalue weighted by atomic mass is 16.6. The number of ether oxygens (including phenoxy) is 1. The van der Waals surface area contributed by atoms with Gasteiger partial charge in [-0.05, 0) is 13.0 Å². The van der Waals surface area contributed by atoms with Crippen LogP contribution in [0.4, 0.5) is 5.69 Å². The molecule has 0 saturated heterocycles. The summed E-state index contributed by atoms with van der Waals surface area (Å²) in [7, 11) is 0. The minimum Gasteiger partial charge on any atom is -0.478 e. The van der Waals surface area contributed by atoms with E-state index < -0.39 is 28.4 Å². The van der Waals surface area contributed by atoms with Crippen molar-refractivity contribution in [1.29, 1.82) is 5.26 Å². The molecule has 7 nitrogen and oxygen atoms in total. The second-order valence-electron chi connectivity index (χ2n) is 3.11. The lowest BCUT2D eigenvalue weighted by atomic mass is 10.1. The molecule has 88 valence electrons. The van der Waals surface area contributed by atoms with Crippen LogP contribution in [0.15, 0.2) is 18.2 Å². The van der Waals surface area contributed by atoms with E-state index in [1.807, 2.05) is 0 Å². The Morgan fingerprint density at radius 1 is 1.65 bits per heavy atom. The summed E-state index contributed by atoms with van der Waals surface area (Å²) in [5, 5.41) is 28.2. The Balaban J connectivity index is 3.34. The number of nitro groups is 1. The molecule has 0 fully saturated rings. The van der Waals surface area contributed by atoms with Gasteiger partial charge in [-0.2, -0.15) is 5.26 Å². The number of carbonyl (C=O) groups is 1. The number of nitro benzene ring substituents is 1. The first kappa shape index (κ1) is 12.4. The molecule has 0 bridgehead atoms. The minimum atomic E-state index is -1.35. The number of para-hydroxylation sites is 1. The molecule has 0 saturated carbocycles. The fraction of sp³-hybridized carbons (Fsp3) is 0.200. The quantitative estimate of drug-likeness (QED) is 0.627. The third-order valence-corrected chi connectivity index (χ3v) is 1.90. The summed E-state index contributed by atoms with van der Waals surface area (Å²) < 4.78 is 4.96. The lowest BCUT2D eigenvalue weighted by Crippen LogP contribution is -2.13. The van der Waals surface area contributed by atoms with E-state index in [0.29, 0.717) is 0 Å². The van der Waals surface area contributed by atoms with Crippen molar-refractivity contribution in [3.63, 3.8) is 0 Å². The Morgan fingerprint density at radius 3 is 2.76 bits per heavy atom. The highest BCUT2D eigenvalue weighted by molar-refractivity contribution is 5.92. The van der Waals surface area contributed by atoms with Crippen LogP contribution in [0, 0.1) is 21.4 Å². The average molecular weight is 236 g/mol. The molecule has 0 aliphatic heterocycles. The molecule has 0 amide bonds. The molecule has 0 aliphatic rings. The summed E-state index contributed by atoms with van der Waals surface area (Å²) in [6, 6.07) is 5.24. The number of hydrogen-bond donors (Lipinski definition) is 1. The van der Waals surface area contributed by atoms with Crippen LogP contribution in [0.25, 0.3) is 0 Å². The van der Waals surface area contributed by atoms with E-state index in [1.54, 1.807) is 6.07 Å². The second-order valence-corrected chi connectivity index (χ2v) is 3.11. The maximum atomic E-state index is 10.9. The number of carboxylic acids is 1. The molecule has 17 heavy (non-hydrogen) atoms. The van der Waals surface area contributed by atoms with Crippen LogP contribution < -0.4 is 4.74 Å². The first-order valence-corrected chi connectivity index (χ1v) is 4.54. The van der Waals surface area contributed by atoms with Gasteiger partial charge in [-0.15, -0.1) is 0 Å². The monoisotopic (exact) mass is 236 g/mol. The molecule has 0 aliphatic carbocycles. The van der Waals surface area contributed by atoms with Gasteiger partial charge < -0.3 is 9.84 Å². The molecule has 1 N–H and O–H groups in total. The summed E-state index contributed by atoms with van der Waals surface area (Å²) in [4.78, 5) is 20.8. The molecule has 0 spiro atoms. The standard InChI is InChI=1S/C10H8N2O5/c1-6(5-11)17-9-7(10(13)14)3-2-4-8(9)12(15)16/h2-4,6H,1H3,(H,13,14). The third kappa shape index (κ3) is 2.69. The fourth-order valence-corrected chi connectivity index (χ4v) is 1.16. The van der Waals surface area contributed by atoms with E-state index in [1.165, 1.54) is 19.1 Å². The molecule has 0 heterocycles. The van der Waals surface area contributed by atoms with Crippen LogP contribution >= 0.6 is 0 Å². The van der Waals surface area contributed by atoms with Crippen molar-refractivity contribution < 1.29 is 19.6 Å². The first-order chi connectivity index (χ1) is 7.97. The van der Waals surface area contributed by atoms with Gasteiger partial charge in [-0.1, -0.05) is 6.07 Å². The average Bonchev–Trinajstić information content (AvgIpc) is 2.28. The molecule has 0 radical (unpaired) electrons. The van der Waals surface area contributed by atoms with Crippen molar-refractivity contribution in [2.45, 2.75) is 13.0 Å². The lowest BCUT2D eigenvalue weighted by molar-refractivity contribution is -0.386. The van der Waals surface area contributed by atoms with Crippen LogP contribution in [0.2, 0.25) is 0 Å². The number of nitriles is 1. The van der Waals surface area contributed by atoms with E-state index in [-0.39, 0.29) is 5.56 Å². The second kappa shape index (κ2) is 4.94. The normalized spacial score (nSPS) is 11.3. The fourth-order valence-electron chi connectivity index (χ4n) is 1.16. The molecule has 7 heteroatoms. The largest absolute Gasteiger partial charge is 0.478 e. The van der Waals surface area contributed by atoms with Gasteiger partial charge in [0.25, 0.3) is 0 Å². The zero-order valence-electron chi connectivity index (χ0n) is 8.78. The molecular weight excluding hydrogens is 228 g/mol. The Labute approximate surface area is 96.0 Å². The third-order valence-electron chi connectivity index (χ3n) is 1.90. The lowest BCUT2D eigenvalue weighted by Gasteiger charge is -2.10. The molecule has 0 aromatic heterocycles. The first-order valence-electron chi connectivity index (χ1n) is 4.54. The molecule has 1 atom stereocenters. The van der Waals surface area contributed by atoms with Gasteiger partial charge in [-0.3, -0.25) is 10.1 Å². The van der Waals surface area contributed by atoms with Crippen LogP contribution in [0.1, 0.15) is 17.3 Å². The van der Waals surface area contributed by atoms with Gasteiger partial charge >= 0.3 is 11.7 Å². The van der Waals surface area contributed by atoms with Crippen molar-refractivity contribution in [3.05, 3.63) is 33.9 Å². The summed E-state index contributed by atoms with van der Waals surface area (Å²) in [5.41, 5.74) is -0.826. The zero-order valence-corrected chi connectivity index (χ0v) is 8.78. The van der Waals surface area contributed by atoms with Gasteiger partial charge in [0.1, 0.15) is 11.6 Å². The van der Waals surface area contributed by atoms with Crippen LogP contribution in [-0.2, 0) is 0 Å². The van der Waals surface area contributed by atoms with Crippen LogP contribution in [-0.4, -0.2) is 22.1 Å². The Kier molecular flexibility index (Phi) is 3.62. The Hall–Kier alpha value is -2.62. The number of aromatic carboxylic acids is 1. The number of rotatable bonds is 4. The number of nitrogens with zero attached hydrogens (tertiary/aromatic N) is 2. The predicted octanol–water partition coefficient (Wildman–Crippen LogP) is 1.58. The van der Waals surface area contributed by atoms with Gasteiger partial charge in [0.05, 0.1) is 4.92 Å². The molecular formula is C10H8N2O5. The summed E-state index contributed by atoms with van der Waals surface area (Å²) in [6.07, 6.45) is -0.978. The molecule has 1 aromatic carbocycles. The highest BCUT2D eigenvalue weighted by Gasteiger charge is 2.24. The Morgan fingerprint density at radius 2 is 2.29 bits per heavy atom. The summed E-state index contributed by atoms with van der Waals surface area (Å²) in [5.74, 6) is -1.76. The SMILES string of the molecule is CC(C#N)Oc1c(C(=O)O)cccc1[N+](=O)[O-]. The van der Waals surface area contributed by atoms with E-state index in [4.69, 9.17) is 15.1 Å². The number of carboxylic acid groups (broad SMARTS) is 1. The van der Waals surface area contributed by atoms with Crippen molar-refractivity contribution >= 4 is 11.7 Å². The predicted molar refractivity (Wildman–Crippen MR) is 55.8 cm³/mol. The van der Waals surface area contributed by atoms with E-state index in [2.05, 4.69) is 0 Å². The summed E-state index contributed by atoms with van der Waals surface area (Å²) >= 11 is 0. The maximum Gasteiger partial charge on any atom is 0.339 e.